The average Bonchev–Trinajstić information content (AvgIpc) is 3.31. The monoisotopic (exact) mass is 977 g/mol. The van der Waals surface area contributed by atoms with Gasteiger partial charge in [-0.2, -0.15) is 0 Å². The molecule has 0 heterocycles. The lowest BCUT2D eigenvalue weighted by Gasteiger charge is -2.25. The number of hydrogen-bond acceptors (Lipinski definition) is 7. The number of carboxylic acid groups (broad SMARTS) is 1. The van der Waals surface area contributed by atoms with E-state index in [0.717, 1.165) is 38.5 Å². The number of quaternary nitrogens is 1. The summed E-state index contributed by atoms with van der Waals surface area (Å²) in [4.78, 5) is 37.4. The van der Waals surface area contributed by atoms with Gasteiger partial charge in [-0.05, 0) is 64.2 Å². The molecule has 9 heteroatoms. The van der Waals surface area contributed by atoms with E-state index in [1.165, 1.54) is 218 Å². The number of allylic oxidation sites excluding steroid dienone is 4. The van der Waals surface area contributed by atoms with Gasteiger partial charge in [0.2, 0.25) is 0 Å². The van der Waals surface area contributed by atoms with Gasteiger partial charge < -0.3 is 28.5 Å². The Kier molecular flexibility index (Phi) is 50.4. The first-order valence-corrected chi connectivity index (χ1v) is 29.5. The summed E-state index contributed by atoms with van der Waals surface area (Å²) in [5.41, 5.74) is 0. The second kappa shape index (κ2) is 52.1. The molecule has 69 heavy (non-hydrogen) atoms. The molecule has 0 bridgehead atoms. The fraction of sp³-hybridized carbons (Fsp3) is 0.883. The van der Waals surface area contributed by atoms with E-state index in [2.05, 4.69) is 38.2 Å². The Balaban J connectivity index is 4.20. The lowest BCUT2D eigenvalue weighted by atomic mass is 10.0. The van der Waals surface area contributed by atoms with Crippen LogP contribution in [0.15, 0.2) is 24.3 Å². The molecule has 0 aromatic carbocycles. The van der Waals surface area contributed by atoms with Crippen molar-refractivity contribution in [3.8, 4) is 0 Å². The van der Waals surface area contributed by atoms with E-state index in [4.69, 9.17) is 18.9 Å². The zero-order valence-electron chi connectivity index (χ0n) is 46.2. The van der Waals surface area contributed by atoms with Crippen LogP contribution >= 0.6 is 0 Å². The van der Waals surface area contributed by atoms with Gasteiger partial charge in [0.1, 0.15) is 13.2 Å². The van der Waals surface area contributed by atoms with Crippen LogP contribution < -0.4 is 0 Å². The number of hydrogen-bond donors (Lipinski definition) is 1. The number of ether oxygens (including phenoxy) is 4. The summed E-state index contributed by atoms with van der Waals surface area (Å²) in [5.74, 6) is -1.99. The lowest BCUT2D eigenvalue weighted by molar-refractivity contribution is -0.870. The molecule has 0 aliphatic rings. The SMILES string of the molecule is CCCCCCCC/C=C\CCCCCCCCCCCC(=O)OCC(COC(OCC[N+](C)(C)C)C(=O)O)OC(=O)CCCCCCCCCCCCCCC/C=C\CCCCCCCCCC. The normalized spacial score (nSPS) is 12.9. The molecule has 0 rings (SSSR count). The molecule has 406 valence electrons. The molecular weight excluding hydrogens is 863 g/mol. The third-order valence-corrected chi connectivity index (χ3v) is 13.2. The Bertz CT molecular complexity index is 1180. The molecule has 0 saturated carbocycles. The van der Waals surface area contributed by atoms with Crippen molar-refractivity contribution in [2.45, 2.75) is 296 Å². The third-order valence-electron chi connectivity index (χ3n) is 13.2. The first kappa shape index (κ1) is 66.8. The van der Waals surface area contributed by atoms with Crippen LogP contribution in [0.5, 0.6) is 0 Å². The number of carbonyl (C=O) groups is 3. The van der Waals surface area contributed by atoms with Gasteiger partial charge in [-0.25, -0.2) is 4.79 Å². The molecule has 1 N–H and O–H groups in total. The number of nitrogens with zero attached hydrogens (tertiary/aromatic N) is 1. The number of rotatable bonds is 55. The third kappa shape index (κ3) is 53.4. The van der Waals surface area contributed by atoms with Gasteiger partial charge >= 0.3 is 17.9 Å². The van der Waals surface area contributed by atoms with E-state index in [0.29, 0.717) is 17.4 Å². The maximum absolute atomic E-state index is 12.9. The number of carbonyl (C=O) groups excluding carboxylic acids is 2. The number of esters is 2. The summed E-state index contributed by atoms with van der Waals surface area (Å²) in [6.07, 6.45) is 58.2. The van der Waals surface area contributed by atoms with E-state index < -0.39 is 24.3 Å². The molecule has 0 aromatic heterocycles. The van der Waals surface area contributed by atoms with E-state index in [1.807, 2.05) is 21.1 Å². The van der Waals surface area contributed by atoms with E-state index in [-0.39, 0.29) is 32.2 Å². The van der Waals surface area contributed by atoms with Crippen molar-refractivity contribution in [2.75, 3.05) is 47.5 Å². The highest BCUT2D eigenvalue weighted by Crippen LogP contribution is 2.17. The largest absolute Gasteiger partial charge is 0.477 e. The van der Waals surface area contributed by atoms with E-state index in [9.17, 15) is 19.5 Å². The molecule has 9 nitrogen and oxygen atoms in total. The molecule has 0 aromatic rings. The summed E-state index contributed by atoms with van der Waals surface area (Å²) >= 11 is 0. The molecule has 0 fully saturated rings. The van der Waals surface area contributed by atoms with E-state index in [1.54, 1.807) is 0 Å². The second-order valence-corrected chi connectivity index (χ2v) is 21.3. The maximum atomic E-state index is 12.9. The van der Waals surface area contributed by atoms with Crippen molar-refractivity contribution >= 4 is 17.9 Å². The molecular formula is C60H114NO8+. The van der Waals surface area contributed by atoms with Crippen molar-refractivity contribution in [1.82, 2.24) is 0 Å². The number of aliphatic carboxylic acids is 1. The van der Waals surface area contributed by atoms with Crippen LogP contribution in [0.3, 0.4) is 0 Å². The summed E-state index contributed by atoms with van der Waals surface area (Å²) in [5, 5.41) is 9.70. The van der Waals surface area contributed by atoms with Crippen molar-refractivity contribution in [3.63, 3.8) is 0 Å². The zero-order valence-corrected chi connectivity index (χ0v) is 46.2. The fourth-order valence-corrected chi connectivity index (χ4v) is 8.59. The van der Waals surface area contributed by atoms with Gasteiger partial charge in [0.05, 0.1) is 34.4 Å². The predicted molar refractivity (Wildman–Crippen MR) is 291 cm³/mol. The molecule has 2 atom stereocenters. The first-order chi connectivity index (χ1) is 33.6. The molecule has 0 aliphatic carbocycles. The fourth-order valence-electron chi connectivity index (χ4n) is 8.59. The number of unbranched alkanes of at least 4 members (excludes halogenated alkanes) is 36. The summed E-state index contributed by atoms with van der Waals surface area (Å²) < 4.78 is 22.9. The van der Waals surface area contributed by atoms with Gasteiger partial charge in [-0.15, -0.1) is 0 Å². The van der Waals surface area contributed by atoms with Crippen molar-refractivity contribution in [2.24, 2.45) is 0 Å². The van der Waals surface area contributed by atoms with Gasteiger partial charge in [0.15, 0.2) is 6.10 Å². The smallest absolute Gasteiger partial charge is 0.361 e. The second-order valence-electron chi connectivity index (χ2n) is 21.3. The average molecular weight is 978 g/mol. The molecule has 0 amide bonds. The Morgan fingerprint density at radius 3 is 1.07 bits per heavy atom. The predicted octanol–water partition coefficient (Wildman–Crippen LogP) is 17.1. The van der Waals surface area contributed by atoms with Gasteiger partial charge in [0.25, 0.3) is 6.29 Å². The minimum absolute atomic E-state index is 0.179. The summed E-state index contributed by atoms with van der Waals surface area (Å²) in [6.45, 7) is 4.92. The van der Waals surface area contributed by atoms with Gasteiger partial charge in [-0.1, -0.05) is 231 Å². The highest BCUT2D eigenvalue weighted by atomic mass is 16.7. The summed E-state index contributed by atoms with van der Waals surface area (Å²) in [7, 11) is 5.98. The van der Waals surface area contributed by atoms with Gasteiger partial charge in [-0.3, -0.25) is 9.59 Å². The Labute approximate surface area is 427 Å². The Hall–Kier alpha value is -2.23. The number of likely N-dealkylation sites (N-methyl/N-ethyl adjacent to an activating group) is 1. The maximum Gasteiger partial charge on any atom is 0.361 e. The Morgan fingerprint density at radius 1 is 0.420 bits per heavy atom. The van der Waals surface area contributed by atoms with Crippen LogP contribution in [0.4, 0.5) is 0 Å². The standard InChI is InChI=1S/C60H113NO8/c1-6-8-10-12-14-16-18-20-22-24-26-27-28-29-30-31-33-35-37-39-41-43-45-47-49-51-58(63)69-56(55-68-60(59(64)65)66-53-52-61(3,4)5)54-67-57(62)50-48-46-44-42-40-38-36-34-32-25-23-21-19-17-15-13-11-9-7-2/h21,23-24,26,56,60H,6-20,22,25,27-55H2,1-5H3/p+1/b23-21-,26-24-. The molecule has 0 radical (unpaired) electrons. The Morgan fingerprint density at radius 2 is 0.739 bits per heavy atom. The quantitative estimate of drug-likeness (QED) is 0.0211. The van der Waals surface area contributed by atoms with Crippen LogP contribution in [0.25, 0.3) is 0 Å². The minimum atomic E-state index is -1.51. The topological polar surface area (TPSA) is 108 Å². The highest BCUT2D eigenvalue weighted by molar-refractivity contribution is 5.71. The minimum Gasteiger partial charge on any atom is -0.477 e. The van der Waals surface area contributed by atoms with Crippen LogP contribution in [0, 0.1) is 0 Å². The van der Waals surface area contributed by atoms with Crippen LogP contribution in [-0.2, 0) is 33.3 Å². The number of carboxylic acids is 1. The van der Waals surface area contributed by atoms with E-state index >= 15 is 0 Å². The van der Waals surface area contributed by atoms with Crippen molar-refractivity contribution < 1.29 is 42.9 Å². The van der Waals surface area contributed by atoms with Crippen molar-refractivity contribution in [1.29, 1.82) is 0 Å². The van der Waals surface area contributed by atoms with Gasteiger partial charge in [0, 0.05) is 12.8 Å². The highest BCUT2D eigenvalue weighted by Gasteiger charge is 2.25. The van der Waals surface area contributed by atoms with Crippen LogP contribution in [0.1, 0.15) is 284 Å². The lowest BCUT2D eigenvalue weighted by Crippen LogP contribution is -2.40. The van der Waals surface area contributed by atoms with Crippen LogP contribution in [-0.4, -0.2) is 87.4 Å². The molecule has 0 spiro atoms. The van der Waals surface area contributed by atoms with Crippen molar-refractivity contribution in [3.05, 3.63) is 24.3 Å². The molecule has 2 unspecified atom stereocenters. The molecule has 0 aliphatic heterocycles. The first-order valence-electron chi connectivity index (χ1n) is 29.5. The molecule has 0 saturated heterocycles. The summed E-state index contributed by atoms with van der Waals surface area (Å²) in [6, 6.07) is 0. The zero-order chi connectivity index (χ0) is 50.6. The van der Waals surface area contributed by atoms with Crippen LogP contribution in [0.2, 0.25) is 0 Å².